The SMILES string of the molecule is CCCN(CC=C(CC)C(=O)OC)C(C)C. The van der Waals surface area contributed by atoms with Gasteiger partial charge in [-0.15, -0.1) is 0 Å². The summed E-state index contributed by atoms with van der Waals surface area (Å²) in [5, 5.41) is 0. The smallest absolute Gasteiger partial charge is 0.333 e. The zero-order valence-corrected chi connectivity index (χ0v) is 11.2. The number of hydrogen-bond acceptors (Lipinski definition) is 3. The van der Waals surface area contributed by atoms with Crippen LogP contribution in [0.1, 0.15) is 40.5 Å². The van der Waals surface area contributed by atoms with Gasteiger partial charge in [-0.2, -0.15) is 0 Å². The number of methoxy groups -OCH3 is 1. The molecule has 16 heavy (non-hydrogen) atoms. The molecule has 0 saturated carbocycles. The summed E-state index contributed by atoms with van der Waals surface area (Å²) in [5.74, 6) is -0.206. The largest absolute Gasteiger partial charge is 0.466 e. The first-order chi connectivity index (χ1) is 7.56. The highest BCUT2D eigenvalue weighted by Gasteiger charge is 2.10. The number of esters is 1. The van der Waals surface area contributed by atoms with Crippen LogP contribution in [0.15, 0.2) is 11.6 Å². The van der Waals surface area contributed by atoms with Crippen LogP contribution in [-0.4, -0.2) is 37.1 Å². The van der Waals surface area contributed by atoms with E-state index in [9.17, 15) is 4.79 Å². The molecular formula is C13H25NO2. The summed E-state index contributed by atoms with van der Waals surface area (Å²) < 4.78 is 4.73. The molecule has 0 aliphatic rings. The number of hydrogen-bond donors (Lipinski definition) is 0. The molecule has 0 aliphatic carbocycles. The Hall–Kier alpha value is -0.830. The van der Waals surface area contributed by atoms with Crippen LogP contribution in [0, 0.1) is 0 Å². The molecule has 0 aromatic heterocycles. The Morgan fingerprint density at radius 2 is 2.00 bits per heavy atom. The molecule has 0 bridgehead atoms. The maximum Gasteiger partial charge on any atom is 0.333 e. The van der Waals surface area contributed by atoms with Crippen LogP contribution in [0.4, 0.5) is 0 Å². The molecule has 0 aliphatic heterocycles. The first-order valence-corrected chi connectivity index (χ1v) is 6.08. The fourth-order valence-electron chi connectivity index (χ4n) is 1.58. The Balaban J connectivity index is 4.43. The highest BCUT2D eigenvalue weighted by atomic mass is 16.5. The molecule has 0 heterocycles. The Labute approximate surface area is 99.5 Å². The number of nitrogens with zero attached hydrogens (tertiary/aromatic N) is 1. The summed E-state index contributed by atoms with van der Waals surface area (Å²) in [6.45, 7) is 10.4. The Kier molecular flexibility index (Phi) is 7.90. The maximum atomic E-state index is 11.4. The van der Waals surface area contributed by atoms with Gasteiger partial charge in [-0.25, -0.2) is 4.79 Å². The van der Waals surface area contributed by atoms with Gasteiger partial charge in [0.15, 0.2) is 0 Å². The highest BCUT2D eigenvalue weighted by molar-refractivity contribution is 5.88. The van der Waals surface area contributed by atoms with Crippen molar-refractivity contribution in [1.82, 2.24) is 4.90 Å². The minimum absolute atomic E-state index is 0.206. The van der Waals surface area contributed by atoms with Gasteiger partial charge in [-0.1, -0.05) is 19.9 Å². The van der Waals surface area contributed by atoms with Gasteiger partial charge in [0.25, 0.3) is 0 Å². The zero-order chi connectivity index (χ0) is 12.6. The average molecular weight is 227 g/mol. The molecule has 3 heteroatoms. The standard InChI is InChI=1S/C13H25NO2/c1-6-9-14(11(3)4)10-8-12(7-2)13(15)16-5/h8,11H,6-7,9-10H2,1-5H3. The topological polar surface area (TPSA) is 29.5 Å². The zero-order valence-electron chi connectivity index (χ0n) is 11.2. The molecule has 3 nitrogen and oxygen atoms in total. The van der Waals surface area contributed by atoms with E-state index in [1.165, 1.54) is 7.11 Å². The number of ether oxygens (including phenoxy) is 1. The lowest BCUT2D eigenvalue weighted by Crippen LogP contribution is -2.32. The molecule has 0 atom stereocenters. The lowest BCUT2D eigenvalue weighted by atomic mass is 10.2. The van der Waals surface area contributed by atoms with Crippen LogP contribution in [0.3, 0.4) is 0 Å². The molecular weight excluding hydrogens is 202 g/mol. The van der Waals surface area contributed by atoms with Crippen LogP contribution in [0.5, 0.6) is 0 Å². The van der Waals surface area contributed by atoms with Crippen molar-refractivity contribution >= 4 is 5.97 Å². The van der Waals surface area contributed by atoms with E-state index in [1.54, 1.807) is 0 Å². The summed E-state index contributed by atoms with van der Waals surface area (Å²) >= 11 is 0. The summed E-state index contributed by atoms with van der Waals surface area (Å²) in [5.41, 5.74) is 0.768. The van der Waals surface area contributed by atoms with Crippen LogP contribution >= 0.6 is 0 Å². The van der Waals surface area contributed by atoms with Crippen LogP contribution in [-0.2, 0) is 9.53 Å². The predicted molar refractivity (Wildman–Crippen MR) is 67.4 cm³/mol. The van der Waals surface area contributed by atoms with Gasteiger partial charge >= 0.3 is 5.97 Å². The van der Waals surface area contributed by atoms with Crippen molar-refractivity contribution in [1.29, 1.82) is 0 Å². The van der Waals surface area contributed by atoms with E-state index in [1.807, 2.05) is 13.0 Å². The number of carbonyl (C=O) groups is 1. The fraction of sp³-hybridized carbons (Fsp3) is 0.769. The Morgan fingerprint density at radius 3 is 2.38 bits per heavy atom. The second kappa shape index (κ2) is 8.34. The molecule has 0 fully saturated rings. The summed E-state index contributed by atoms with van der Waals surface area (Å²) in [4.78, 5) is 13.7. The van der Waals surface area contributed by atoms with E-state index in [4.69, 9.17) is 4.74 Å². The van der Waals surface area contributed by atoms with Crippen LogP contribution < -0.4 is 0 Å². The Bertz CT molecular complexity index is 234. The lowest BCUT2D eigenvalue weighted by molar-refractivity contribution is -0.136. The van der Waals surface area contributed by atoms with Gasteiger partial charge in [-0.05, 0) is 33.2 Å². The van der Waals surface area contributed by atoms with Crippen molar-refractivity contribution in [3.05, 3.63) is 11.6 Å². The number of rotatable bonds is 7. The lowest BCUT2D eigenvalue weighted by Gasteiger charge is -2.24. The second-order valence-corrected chi connectivity index (χ2v) is 4.16. The van der Waals surface area contributed by atoms with Gasteiger partial charge in [-0.3, -0.25) is 4.90 Å². The maximum absolute atomic E-state index is 11.4. The predicted octanol–water partition coefficient (Wildman–Crippen LogP) is 2.62. The van der Waals surface area contributed by atoms with Crippen molar-refractivity contribution in [2.75, 3.05) is 20.2 Å². The summed E-state index contributed by atoms with van der Waals surface area (Å²) in [6, 6.07) is 0.506. The van der Waals surface area contributed by atoms with E-state index in [0.29, 0.717) is 6.04 Å². The van der Waals surface area contributed by atoms with E-state index < -0.39 is 0 Å². The van der Waals surface area contributed by atoms with Crippen molar-refractivity contribution in [3.63, 3.8) is 0 Å². The third kappa shape index (κ3) is 5.31. The molecule has 0 amide bonds. The van der Waals surface area contributed by atoms with E-state index >= 15 is 0 Å². The monoisotopic (exact) mass is 227 g/mol. The Morgan fingerprint density at radius 1 is 1.38 bits per heavy atom. The van der Waals surface area contributed by atoms with E-state index in [0.717, 1.165) is 31.5 Å². The first kappa shape index (κ1) is 15.2. The van der Waals surface area contributed by atoms with E-state index in [2.05, 4.69) is 25.7 Å². The number of carbonyl (C=O) groups excluding carboxylic acids is 1. The summed E-state index contributed by atoms with van der Waals surface area (Å²) in [6.07, 6.45) is 3.85. The normalized spacial score (nSPS) is 12.3. The van der Waals surface area contributed by atoms with Gasteiger partial charge in [0.05, 0.1) is 7.11 Å². The molecule has 0 radical (unpaired) electrons. The van der Waals surface area contributed by atoms with Gasteiger partial charge < -0.3 is 4.74 Å². The molecule has 0 unspecified atom stereocenters. The summed E-state index contributed by atoms with van der Waals surface area (Å²) in [7, 11) is 1.43. The van der Waals surface area contributed by atoms with Crippen molar-refractivity contribution in [3.8, 4) is 0 Å². The average Bonchev–Trinajstić information content (AvgIpc) is 2.27. The highest BCUT2D eigenvalue weighted by Crippen LogP contribution is 2.06. The van der Waals surface area contributed by atoms with Crippen LogP contribution in [0.25, 0.3) is 0 Å². The van der Waals surface area contributed by atoms with Gasteiger partial charge in [0.2, 0.25) is 0 Å². The minimum Gasteiger partial charge on any atom is -0.466 e. The molecule has 0 rings (SSSR count). The molecule has 0 saturated heterocycles. The van der Waals surface area contributed by atoms with Crippen LogP contribution in [0.2, 0.25) is 0 Å². The third-order valence-corrected chi connectivity index (χ3v) is 2.64. The quantitative estimate of drug-likeness (QED) is 0.494. The molecule has 0 aromatic rings. The van der Waals surface area contributed by atoms with Crippen molar-refractivity contribution in [2.24, 2.45) is 0 Å². The third-order valence-electron chi connectivity index (χ3n) is 2.64. The minimum atomic E-state index is -0.206. The fourth-order valence-corrected chi connectivity index (χ4v) is 1.58. The molecule has 0 spiro atoms. The molecule has 0 aromatic carbocycles. The van der Waals surface area contributed by atoms with Crippen molar-refractivity contribution in [2.45, 2.75) is 46.6 Å². The van der Waals surface area contributed by atoms with Gasteiger partial charge in [0.1, 0.15) is 0 Å². The van der Waals surface area contributed by atoms with E-state index in [-0.39, 0.29) is 5.97 Å². The molecule has 94 valence electrons. The second-order valence-electron chi connectivity index (χ2n) is 4.16. The molecule has 0 N–H and O–H groups in total. The van der Waals surface area contributed by atoms with Gasteiger partial charge in [0, 0.05) is 18.2 Å². The van der Waals surface area contributed by atoms with Crippen molar-refractivity contribution < 1.29 is 9.53 Å². The first-order valence-electron chi connectivity index (χ1n) is 6.08.